The van der Waals surface area contributed by atoms with Crippen LogP contribution < -0.4 is 10.6 Å². The van der Waals surface area contributed by atoms with Crippen molar-refractivity contribution in [3.63, 3.8) is 0 Å². The maximum absolute atomic E-state index is 10.7. The van der Waals surface area contributed by atoms with E-state index >= 15 is 0 Å². The molecule has 76 valence electrons. The molecule has 0 saturated carbocycles. The number of likely N-dealkylation sites (N-methyl/N-ethyl adjacent to an activating group) is 1. The van der Waals surface area contributed by atoms with Crippen LogP contribution in [0.3, 0.4) is 0 Å². The molecular weight excluding hydrogens is 176 g/mol. The van der Waals surface area contributed by atoms with E-state index in [1.54, 1.807) is 0 Å². The van der Waals surface area contributed by atoms with E-state index in [1.807, 2.05) is 0 Å². The van der Waals surface area contributed by atoms with Crippen LogP contribution in [0, 0.1) is 0 Å². The molecule has 0 radical (unpaired) electrons. The molecule has 0 aliphatic rings. The van der Waals surface area contributed by atoms with Gasteiger partial charge in [0.15, 0.2) is 0 Å². The second-order valence-electron chi connectivity index (χ2n) is 2.26. The van der Waals surface area contributed by atoms with E-state index in [9.17, 15) is 9.59 Å². The highest BCUT2D eigenvalue weighted by Crippen LogP contribution is 1.89. The van der Waals surface area contributed by atoms with E-state index in [2.05, 4.69) is 15.4 Å². The third-order valence-corrected chi connectivity index (χ3v) is 1.35. The van der Waals surface area contributed by atoms with Crippen LogP contribution in [0.4, 0.5) is 0 Å². The lowest BCUT2D eigenvalue weighted by Crippen LogP contribution is -2.34. The Balaban J connectivity index is 3.53. The summed E-state index contributed by atoms with van der Waals surface area (Å²) in [5.41, 5.74) is 0. The van der Waals surface area contributed by atoms with E-state index in [-0.39, 0.29) is 18.9 Å². The van der Waals surface area contributed by atoms with E-state index in [4.69, 9.17) is 5.11 Å². The van der Waals surface area contributed by atoms with Crippen molar-refractivity contribution in [1.29, 1.82) is 0 Å². The maximum atomic E-state index is 10.7. The first-order valence-corrected chi connectivity index (χ1v) is 3.83. The van der Waals surface area contributed by atoms with Crippen LogP contribution >= 0.6 is 0 Å². The van der Waals surface area contributed by atoms with Gasteiger partial charge >= 0.3 is 0 Å². The summed E-state index contributed by atoms with van der Waals surface area (Å²) in [7, 11) is 2.88. The van der Waals surface area contributed by atoms with Gasteiger partial charge in [0, 0.05) is 14.1 Å². The molecule has 3 N–H and O–H groups in total. The molecule has 1 unspecified atom stereocenters. The Morgan fingerprint density at radius 1 is 1.38 bits per heavy atom. The van der Waals surface area contributed by atoms with Crippen LogP contribution in [-0.2, 0) is 14.3 Å². The molecule has 0 aromatic carbocycles. The number of carbonyl (C=O) groups excluding carboxylic acids is 2. The highest BCUT2D eigenvalue weighted by molar-refractivity contribution is 5.79. The molecule has 0 fully saturated rings. The molecule has 0 aliphatic carbocycles. The van der Waals surface area contributed by atoms with E-state index in [0.717, 1.165) is 0 Å². The van der Waals surface area contributed by atoms with E-state index in [0.29, 0.717) is 0 Å². The van der Waals surface area contributed by atoms with Gasteiger partial charge in [-0.2, -0.15) is 0 Å². The Labute approximate surface area is 76.3 Å². The zero-order valence-corrected chi connectivity index (χ0v) is 7.66. The summed E-state index contributed by atoms with van der Waals surface area (Å²) in [4.78, 5) is 21.3. The monoisotopic (exact) mass is 190 g/mol. The van der Waals surface area contributed by atoms with Gasteiger partial charge in [-0.25, -0.2) is 0 Å². The molecule has 6 heteroatoms. The SMILES string of the molecule is CNC(=O)CCOC(O)C(=O)NC. The van der Waals surface area contributed by atoms with Crippen molar-refractivity contribution in [2.24, 2.45) is 0 Å². The van der Waals surface area contributed by atoms with Crippen molar-refractivity contribution in [2.45, 2.75) is 12.7 Å². The van der Waals surface area contributed by atoms with Gasteiger partial charge in [0.05, 0.1) is 13.0 Å². The fourth-order valence-corrected chi connectivity index (χ4v) is 0.587. The molecule has 0 rings (SSSR count). The second kappa shape index (κ2) is 6.38. The molecule has 0 heterocycles. The largest absolute Gasteiger partial charge is 0.361 e. The van der Waals surface area contributed by atoms with Crippen molar-refractivity contribution >= 4 is 11.8 Å². The number of aliphatic hydroxyl groups is 1. The summed E-state index contributed by atoms with van der Waals surface area (Å²) < 4.78 is 4.65. The van der Waals surface area contributed by atoms with Crippen LogP contribution in [-0.4, -0.2) is 43.9 Å². The number of rotatable bonds is 5. The van der Waals surface area contributed by atoms with Gasteiger partial charge < -0.3 is 20.5 Å². The lowest BCUT2D eigenvalue weighted by molar-refractivity contribution is -0.158. The second-order valence-corrected chi connectivity index (χ2v) is 2.26. The van der Waals surface area contributed by atoms with Crippen molar-refractivity contribution in [3.05, 3.63) is 0 Å². The Morgan fingerprint density at radius 2 is 2.00 bits per heavy atom. The standard InChI is InChI=1S/C7H14N2O4/c1-8-5(10)3-4-13-7(12)6(11)9-2/h7,12H,3-4H2,1-2H3,(H,8,10)(H,9,11). The Bertz CT molecular complexity index is 183. The Morgan fingerprint density at radius 3 is 2.46 bits per heavy atom. The normalized spacial score (nSPS) is 11.9. The molecule has 1 atom stereocenters. The van der Waals surface area contributed by atoms with Gasteiger partial charge in [-0.05, 0) is 0 Å². The van der Waals surface area contributed by atoms with Crippen molar-refractivity contribution in [2.75, 3.05) is 20.7 Å². The van der Waals surface area contributed by atoms with E-state index < -0.39 is 12.2 Å². The average Bonchev–Trinajstić information content (AvgIpc) is 2.15. The highest BCUT2D eigenvalue weighted by Gasteiger charge is 2.13. The molecule has 2 amide bonds. The molecular formula is C7H14N2O4. The van der Waals surface area contributed by atoms with Crippen molar-refractivity contribution in [1.82, 2.24) is 10.6 Å². The zero-order chi connectivity index (χ0) is 10.3. The molecule has 0 bridgehead atoms. The number of nitrogens with one attached hydrogen (secondary N) is 2. The first-order chi connectivity index (χ1) is 6.11. The third kappa shape index (κ3) is 5.15. The Hall–Kier alpha value is -1.14. The van der Waals surface area contributed by atoms with Gasteiger partial charge in [-0.1, -0.05) is 0 Å². The molecule has 0 aliphatic heterocycles. The molecule has 13 heavy (non-hydrogen) atoms. The lowest BCUT2D eigenvalue weighted by atomic mass is 10.4. The summed E-state index contributed by atoms with van der Waals surface area (Å²) in [6.45, 7) is 0.00819. The van der Waals surface area contributed by atoms with Gasteiger partial charge in [0.2, 0.25) is 12.2 Å². The van der Waals surface area contributed by atoms with Crippen LogP contribution in [0.5, 0.6) is 0 Å². The zero-order valence-electron chi connectivity index (χ0n) is 7.66. The van der Waals surface area contributed by atoms with Gasteiger partial charge in [0.25, 0.3) is 5.91 Å². The molecule has 0 saturated heterocycles. The van der Waals surface area contributed by atoms with Crippen LogP contribution in [0.15, 0.2) is 0 Å². The first kappa shape index (κ1) is 11.9. The topological polar surface area (TPSA) is 87.7 Å². The van der Waals surface area contributed by atoms with Crippen LogP contribution in [0.1, 0.15) is 6.42 Å². The summed E-state index contributed by atoms with van der Waals surface area (Å²) in [6.07, 6.45) is -1.39. The number of hydrogen-bond donors (Lipinski definition) is 3. The minimum Gasteiger partial charge on any atom is -0.361 e. The molecule has 0 aromatic heterocycles. The van der Waals surface area contributed by atoms with Gasteiger partial charge in [0.1, 0.15) is 0 Å². The number of aliphatic hydroxyl groups excluding tert-OH is 1. The number of ether oxygens (including phenoxy) is 1. The molecule has 0 aromatic rings. The predicted molar refractivity (Wildman–Crippen MR) is 44.7 cm³/mol. The average molecular weight is 190 g/mol. The summed E-state index contributed by atoms with van der Waals surface area (Å²) in [5, 5.41) is 13.5. The Kier molecular flexibility index (Phi) is 5.82. The van der Waals surface area contributed by atoms with Crippen LogP contribution in [0.25, 0.3) is 0 Å². The van der Waals surface area contributed by atoms with Gasteiger partial charge in [-0.15, -0.1) is 0 Å². The first-order valence-electron chi connectivity index (χ1n) is 3.83. The summed E-state index contributed by atoms with van der Waals surface area (Å²) in [5.74, 6) is -0.832. The fraction of sp³-hybridized carbons (Fsp3) is 0.714. The minimum absolute atomic E-state index is 0.00819. The van der Waals surface area contributed by atoms with Gasteiger partial charge in [-0.3, -0.25) is 9.59 Å². The van der Waals surface area contributed by atoms with Crippen molar-refractivity contribution < 1.29 is 19.4 Å². The molecule has 6 nitrogen and oxygen atoms in total. The number of carbonyl (C=O) groups is 2. The highest BCUT2D eigenvalue weighted by atomic mass is 16.6. The fourth-order valence-electron chi connectivity index (χ4n) is 0.587. The lowest BCUT2D eigenvalue weighted by Gasteiger charge is -2.09. The number of hydrogen-bond acceptors (Lipinski definition) is 4. The quantitative estimate of drug-likeness (QED) is 0.446. The summed E-state index contributed by atoms with van der Waals surface area (Å²) in [6, 6.07) is 0. The van der Waals surface area contributed by atoms with E-state index in [1.165, 1.54) is 14.1 Å². The minimum atomic E-state index is -1.50. The maximum Gasteiger partial charge on any atom is 0.276 e. The predicted octanol–water partition coefficient (Wildman–Crippen LogP) is -1.80. The van der Waals surface area contributed by atoms with Crippen molar-refractivity contribution in [3.8, 4) is 0 Å². The summed E-state index contributed by atoms with van der Waals surface area (Å²) >= 11 is 0. The third-order valence-electron chi connectivity index (χ3n) is 1.35. The smallest absolute Gasteiger partial charge is 0.276 e. The van der Waals surface area contributed by atoms with Crippen LogP contribution in [0.2, 0.25) is 0 Å². The number of amides is 2. The molecule has 0 spiro atoms.